The van der Waals surface area contributed by atoms with E-state index < -0.39 is 0 Å². The zero-order valence-corrected chi connectivity index (χ0v) is 15.7. The average Bonchev–Trinajstić information content (AvgIpc) is 3.01. The first-order valence-electron chi connectivity index (χ1n) is 9.05. The highest BCUT2D eigenvalue weighted by Gasteiger charge is 2.15. The van der Waals surface area contributed by atoms with Crippen molar-refractivity contribution in [1.82, 2.24) is 14.9 Å². The molecular formula is C21H21N5O2. The van der Waals surface area contributed by atoms with E-state index in [4.69, 9.17) is 0 Å². The molecule has 3 aromatic rings. The number of nitrogens with zero attached hydrogens (tertiary/aromatic N) is 2. The molecule has 4 rings (SSSR count). The molecule has 28 heavy (non-hydrogen) atoms. The van der Waals surface area contributed by atoms with Crippen LogP contribution in [0.2, 0.25) is 0 Å². The number of para-hydroxylation sites is 1. The number of hydrogen-bond donors (Lipinski definition) is 3. The maximum Gasteiger partial charge on any atom is 0.247 e. The number of pyridine rings is 1. The van der Waals surface area contributed by atoms with Gasteiger partial charge in [0.2, 0.25) is 11.8 Å². The Hall–Kier alpha value is -3.61. The van der Waals surface area contributed by atoms with E-state index in [-0.39, 0.29) is 18.4 Å². The highest BCUT2D eigenvalue weighted by molar-refractivity contribution is 6.01. The molecule has 1 aliphatic rings. The van der Waals surface area contributed by atoms with Crippen molar-refractivity contribution < 1.29 is 9.59 Å². The van der Waals surface area contributed by atoms with Crippen molar-refractivity contribution in [1.29, 1.82) is 0 Å². The normalized spacial score (nSPS) is 13.6. The zero-order chi connectivity index (χ0) is 19.7. The number of hydrogen-bond acceptors (Lipinski definition) is 4. The molecule has 0 fully saturated rings. The van der Waals surface area contributed by atoms with E-state index in [9.17, 15) is 9.59 Å². The lowest BCUT2D eigenvalue weighted by molar-refractivity contribution is -0.117. The maximum atomic E-state index is 12.5. The number of benzene rings is 1. The molecule has 0 spiro atoms. The van der Waals surface area contributed by atoms with Crippen LogP contribution in [0, 0.1) is 0 Å². The Kier molecular flexibility index (Phi) is 4.57. The monoisotopic (exact) mass is 375 g/mol. The summed E-state index contributed by atoms with van der Waals surface area (Å²) in [5, 5.41) is 9.83. The van der Waals surface area contributed by atoms with Crippen molar-refractivity contribution >= 4 is 40.3 Å². The summed E-state index contributed by atoms with van der Waals surface area (Å²) in [4.78, 5) is 28.3. The van der Waals surface area contributed by atoms with E-state index in [1.54, 1.807) is 25.3 Å². The summed E-state index contributed by atoms with van der Waals surface area (Å²) in [6, 6.07) is 12.0. The largest absolute Gasteiger partial charge is 0.359 e. The van der Waals surface area contributed by atoms with E-state index in [0.29, 0.717) is 23.6 Å². The van der Waals surface area contributed by atoms with E-state index >= 15 is 0 Å². The lowest BCUT2D eigenvalue weighted by Crippen LogP contribution is -2.28. The fraction of sp³-hybridized carbons (Fsp3) is 0.190. The SMILES string of the molecule is CC(=Cc1cnc2c(c1)NC(=O)CN2)C(=O)NCc1cc2ccccc2n1C. The lowest BCUT2D eigenvalue weighted by atomic mass is 10.1. The molecule has 0 saturated carbocycles. The third-order valence-corrected chi connectivity index (χ3v) is 4.82. The van der Waals surface area contributed by atoms with Gasteiger partial charge in [-0.2, -0.15) is 0 Å². The summed E-state index contributed by atoms with van der Waals surface area (Å²) in [5.74, 6) is 0.375. The molecule has 2 amide bonds. The van der Waals surface area contributed by atoms with Gasteiger partial charge in [0.25, 0.3) is 0 Å². The summed E-state index contributed by atoms with van der Waals surface area (Å²) in [6.45, 7) is 2.41. The summed E-state index contributed by atoms with van der Waals surface area (Å²) in [6.07, 6.45) is 3.43. The van der Waals surface area contributed by atoms with Gasteiger partial charge in [-0.3, -0.25) is 9.59 Å². The van der Waals surface area contributed by atoms with Crippen LogP contribution in [0.5, 0.6) is 0 Å². The predicted molar refractivity (Wildman–Crippen MR) is 110 cm³/mol. The van der Waals surface area contributed by atoms with Crippen molar-refractivity contribution in [2.45, 2.75) is 13.5 Å². The number of fused-ring (bicyclic) bond motifs is 2. The molecule has 1 aromatic carbocycles. The summed E-state index contributed by atoms with van der Waals surface area (Å²) < 4.78 is 2.08. The quantitative estimate of drug-likeness (QED) is 0.612. The number of nitrogens with one attached hydrogen (secondary N) is 3. The lowest BCUT2D eigenvalue weighted by Gasteiger charge is -2.17. The summed E-state index contributed by atoms with van der Waals surface area (Å²) >= 11 is 0. The summed E-state index contributed by atoms with van der Waals surface area (Å²) in [5.41, 5.74) is 4.10. The van der Waals surface area contributed by atoms with Crippen LogP contribution < -0.4 is 16.0 Å². The van der Waals surface area contributed by atoms with Crippen LogP contribution in [0.3, 0.4) is 0 Å². The van der Waals surface area contributed by atoms with Crippen LogP contribution in [0.4, 0.5) is 11.5 Å². The molecule has 142 valence electrons. The molecule has 0 bridgehead atoms. The molecule has 7 heteroatoms. The minimum Gasteiger partial charge on any atom is -0.359 e. The molecule has 1 aliphatic heterocycles. The first-order valence-corrected chi connectivity index (χ1v) is 9.05. The Morgan fingerprint density at radius 3 is 2.96 bits per heavy atom. The van der Waals surface area contributed by atoms with Gasteiger partial charge in [0, 0.05) is 30.0 Å². The molecule has 0 aliphatic carbocycles. The molecule has 7 nitrogen and oxygen atoms in total. The molecular weight excluding hydrogens is 354 g/mol. The van der Waals surface area contributed by atoms with E-state index in [1.807, 2.05) is 19.2 Å². The molecule has 0 radical (unpaired) electrons. The molecule has 0 saturated heterocycles. The highest BCUT2D eigenvalue weighted by atomic mass is 16.2. The number of aryl methyl sites for hydroxylation is 1. The molecule has 3 N–H and O–H groups in total. The van der Waals surface area contributed by atoms with E-state index in [2.05, 4.69) is 43.7 Å². The third kappa shape index (κ3) is 3.46. The number of anilines is 2. The second-order valence-electron chi connectivity index (χ2n) is 6.83. The van der Waals surface area contributed by atoms with Gasteiger partial charge in [0.1, 0.15) is 5.82 Å². The first kappa shape index (κ1) is 17.8. The molecule has 2 aromatic heterocycles. The highest BCUT2D eigenvalue weighted by Crippen LogP contribution is 2.24. The van der Waals surface area contributed by atoms with Crippen molar-refractivity contribution in [2.24, 2.45) is 7.05 Å². The van der Waals surface area contributed by atoms with Gasteiger partial charge in [-0.15, -0.1) is 0 Å². The van der Waals surface area contributed by atoms with Crippen molar-refractivity contribution in [3.63, 3.8) is 0 Å². The second-order valence-corrected chi connectivity index (χ2v) is 6.83. The number of rotatable bonds is 4. The van der Waals surface area contributed by atoms with Crippen LogP contribution in [-0.4, -0.2) is 27.9 Å². The zero-order valence-electron chi connectivity index (χ0n) is 15.7. The van der Waals surface area contributed by atoms with Crippen molar-refractivity contribution in [3.05, 3.63) is 59.4 Å². The van der Waals surface area contributed by atoms with Crippen LogP contribution in [0.25, 0.3) is 17.0 Å². The Morgan fingerprint density at radius 1 is 1.32 bits per heavy atom. The van der Waals surface area contributed by atoms with Crippen LogP contribution in [0.15, 0.2) is 48.2 Å². The number of aromatic nitrogens is 2. The average molecular weight is 375 g/mol. The second kappa shape index (κ2) is 7.19. The molecule has 3 heterocycles. The third-order valence-electron chi connectivity index (χ3n) is 4.82. The molecule has 0 unspecified atom stereocenters. The number of carbonyl (C=O) groups is 2. The predicted octanol–water partition coefficient (Wildman–Crippen LogP) is 2.66. The topological polar surface area (TPSA) is 88.1 Å². The fourth-order valence-electron chi connectivity index (χ4n) is 3.30. The van der Waals surface area contributed by atoms with Crippen LogP contribution >= 0.6 is 0 Å². The van der Waals surface area contributed by atoms with Crippen LogP contribution in [-0.2, 0) is 23.2 Å². The number of carbonyl (C=O) groups excluding carboxylic acids is 2. The smallest absolute Gasteiger partial charge is 0.247 e. The summed E-state index contributed by atoms with van der Waals surface area (Å²) in [7, 11) is 1.99. The number of amides is 2. The van der Waals surface area contributed by atoms with E-state index in [0.717, 1.165) is 22.2 Å². The molecule has 0 atom stereocenters. The van der Waals surface area contributed by atoms with Crippen molar-refractivity contribution in [2.75, 3.05) is 17.2 Å². The van der Waals surface area contributed by atoms with Crippen molar-refractivity contribution in [3.8, 4) is 0 Å². The van der Waals surface area contributed by atoms with Gasteiger partial charge in [0.15, 0.2) is 0 Å². The van der Waals surface area contributed by atoms with Gasteiger partial charge in [-0.25, -0.2) is 4.98 Å². The fourth-order valence-corrected chi connectivity index (χ4v) is 3.30. The van der Waals surface area contributed by atoms with Gasteiger partial charge >= 0.3 is 0 Å². The Balaban J connectivity index is 1.46. The Labute approximate surface area is 162 Å². The van der Waals surface area contributed by atoms with Gasteiger partial charge in [0.05, 0.1) is 18.8 Å². The Bertz CT molecular complexity index is 1110. The van der Waals surface area contributed by atoms with Crippen LogP contribution in [0.1, 0.15) is 18.2 Å². The van der Waals surface area contributed by atoms with E-state index in [1.165, 1.54) is 0 Å². The standard InChI is InChI=1S/C21H21N5O2/c1-13(7-14-8-17-20(22-10-14)23-12-19(27)25-17)21(28)24-11-16-9-15-5-3-4-6-18(15)26(16)2/h3-10H,11-12H2,1-2H3,(H,22,23)(H,24,28)(H,25,27). The minimum absolute atomic E-state index is 0.111. The maximum absolute atomic E-state index is 12.5. The van der Waals surface area contributed by atoms with Gasteiger partial charge in [-0.1, -0.05) is 18.2 Å². The van der Waals surface area contributed by atoms with Gasteiger partial charge in [-0.05, 0) is 42.1 Å². The first-order chi connectivity index (χ1) is 13.5. The van der Waals surface area contributed by atoms with Gasteiger partial charge < -0.3 is 20.5 Å². The Morgan fingerprint density at radius 2 is 2.14 bits per heavy atom. The minimum atomic E-state index is -0.148.